The van der Waals surface area contributed by atoms with Crippen LogP contribution in [0.3, 0.4) is 0 Å². The Bertz CT molecular complexity index is 989. The number of thiophene rings is 2. The Morgan fingerprint density at radius 1 is 1.25 bits per heavy atom. The van der Waals surface area contributed by atoms with E-state index in [0.717, 1.165) is 15.4 Å². The average molecular weight is 355 g/mol. The molecule has 0 radical (unpaired) electrons. The number of rotatable bonds is 4. The number of nitrogens with zero attached hydrogens (tertiary/aromatic N) is 2. The van der Waals surface area contributed by atoms with Crippen molar-refractivity contribution in [1.82, 2.24) is 15.5 Å². The molecule has 120 valence electrons. The maximum Gasteiger partial charge on any atom is 0.259 e. The van der Waals surface area contributed by atoms with Crippen LogP contribution in [-0.2, 0) is 6.54 Å². The molecule has 5 nitrogen and oxygen atoms in total. The Hall–Kier alpha value is -2.51. The summed E-state index contributed by atoms with van der Waals surface area (Å²) in [6, 6.07) is 9.69. The molecule has 4 aromatic rings. The van der Waals surface area contributed by atoms with Crippen LogP contribution < -0.4 is 5.32 Å². The van der Waals surface area contributed by atoms with Gasteiger partial charge < -0.3 is 9.84 Å². The highest BCUT2D eigenvalue weighted by Gasteiger charge is 2.19. The van der Waals surface area contributed by atoms with Crippen LogP contribution in [0.25, 0.3) is 21.7 Å². The lowest BCUT2D eigenvalue weighted by atomic mass is 10.1. The fourth-order valence-corrected chi connectivity index (χ4v) is 3.83. The second-order valence-electron chi connectivity index (χ2n) is 5.24. The van der Waals surface area contributed by atoms with Gasteiger partial charge in [0, 0.05) is 4.88 Å². The molecular weight excluding hydrogens is 342 g/mol. The van der Waals surface area contributed by atoms with Gasteiger partial charge in [-0.05, 0) is 35.9 Å². The van der Waals surface area contributed by atoms with Gasteiger partial charge in [-0.25, -0.2) is 4.98 Å². The number of hydrogen-bond acceptors (Lipinski definition) is 6. The van der Waals surface area contributed by atoms with Gasteiger partial charge in [0.05, 0.1) is 33.8 Å². The van der Waals surface area contributed by atoms with E-state index in [9.17, 15) is 4.79 Å². The van der Waals surface area contributed by atoms with Gasteiger partial charge in [0.25, 0.3) is 11.6 Å². The van der Waals surface area contributed by atoms with Gasteiger partial charge in [-0.15, -0.1) is 22.7 Å². The van der Waals surface area contributed by atoms with Gasteiger partial charge >= 0.3 is 0 Å². The zero-order valence-corrected chi connectivity index (χ0v) is 14.4. The van der Waals surface area contributed by atoms with Crippen molar-refractivity contribution in [3.05, 3.63) is 57.2 Å². The van der Waals surface area contributed by atoms with Crippen LogP contribution in [0.15, 0.2) is 45.6 Å². The molecule has 0 bridgehead atoms. The van der Waals surface area contributed by atoms with E-state index in [-0.39, 0.29) is 5.91 Å². The standard InChI is InChI=1S/C17H13N3O2S2/c1-10-15-12(16(21)18-9-11-4-2-6-23-11)8-13(14-5-3-7-24-14)19-17(15)22-20-10/h2-8H,9H2,1H3,(H,18,21). The van der Waals surface area contributed by atoms with Crippen molar-refractivity contribution in [3.63, 3.8) is 0 Å². The maximum absolute atomic E-state index is 12.7. The van der Waals surface area contributed by atoms with E-state index in [1.165, 1.54) is 0 Å². The molecule has 0 aliphatic carbocycles. The highest BCUT2D eigenvalue weighted by atomic mass is 32.1. The van der Waals surface area contributed by atoms with Crippen molar-refractivity contribution in [2.75, 3.05) is 0 Å². The summed E-state index contributed by atoms with van der Waals surface area (Å²) < 4.78 is 5.29. The van der Waals surface area contributed by atoms with Crippen LogP contribution in [0.2, 0.25) is 0 Å². The molecule has 24 heavy (non-hydrogen) atoms. The molecule has 4 heterocycles. The molecule has 0 unspecified atom stereocenters. The third-order valence-corrected chi connectivity index (χ3v) is 5.41. The van der Waals surface area contributed by atoms with Gasteiger partial charge in [-0.2, -0.15) is 0 Å². The van der Waals surface area contributed by atoms with Crippen LogP contribution in [0.4, 0.5) is 0 Å². The van der Waals surface area contributed by atoms with Gasteiger partial charge in [-0.3, -0.25) is 4.79 Å². The predicted octanol–water partition coefficient (Wildman–Crippen LogP) is 4.25. The van der Waals surface area contributed by atoms with Gasteiger partial charge in [-0.1, -0.05) is 17.3 Å². The third kappa shape index (κ3) is 2.72. The maximum atomic E-state index is 12.7. The third-order valence-electron chi connectivity index (χ3n) is 3.64. The molecule has 1 N–H and O–H groups in total. The first-order chi connectivity index (χ1) is 11.7. The number of aromatic nitrogens is 2. The Morgan fingerprint density at radius 3 is 2.83 bits per heavy atom. The number of pyridine rings is 1. The Balaban J connectivity index is 1.74. The van der Waals surface area contributed by atoms with E-state index in [4.69, 9.17) is 4.52 Å². The van der Waals surface area contributed by atoms with E-state index in [1.54, 1.807) is 22.7 Å². The quantitative estimate of drug-likeness (QED) is 0.594. The number of amides is 1. The van der Waals surface area contributed by atoms with Crippen LogP contribution in [0.1, 0.15) is 20.9 Å². The average Bonchev–Trinajstić information content (AvgIpc) is 3.34. The number of carbonyl (C=O) groups is 1. The molecule has 0 atom stereocenters. The molecule has 0 saturated carbocycles. The molecule has 0 aliphatic rings. The molecule has 7 heteroatoms. The molecular formula is C17H13N3O2S2. The lowest BCUT2D eigenvalue weighted by molar-refractivity contribution is 0.0953. The van der Waals surface area contributed by atoms with Crippen LogP contribution in [0, 0.1) is 6.92 Å². The lowest BCUT2D eigenvalue weighted by Gasteiger charge is -2.07. The van der Waals surface area contributed by atoms with Crippen LogP contribution in [0.5, 0.6) is 0 Å². The minimum Gasteiger partial charge on any atom is -0.347 e. The van der Waals surface area contributed by atoms with Crippen molar-refractivity contribution in [2.45, 2.75) is 13.5 Å². The minimum atomic E-state index is -0.153. The minimum absolute atomic E-state index is 0.153. The molecule has 0 aliphatic heterocycles. The second-order valence-corrected chi connectivity index (χ2v) is 7.22. The highest BCUT2D eigenvalue weighted by molar-refractivity contribution is 7.13. The number of fused-ring (bicyclic) bond motifs is 1. The van der Waals surface area contributed by atoms with E-state index in [2.05, 4.69) is 15.5 Å². The number of nitrogens with one attached hydrogen (secondary N) is 1. The highest BCUT2D eigenvalue weighted by Crippen LogP contribution is 2.29. The van der Waals surface area contributed by atoms with Gasteiger partial charge in [0.15, 0.2) is 0 Å². The molecule has 0 spiro atoms. The fraction of sp³-hybridized carbons (Fsp3) is 0.118. The zero-order valence-electron chi connectivity index (χ0n) is 12.8. The van der Waals surface area contributed by atoms with E-state index in [1.807, 2.05) is 48.0 Å². The van der Waals surface area contributed by atoms with E-state index >= 15 is 0 Å². The topological polar surface area (TPSA) is 68.0 Å². The first-order valence-corrected chi connectivity index (χ1v) is 9.10. The molecule has 0 aromatic carbocycles. The number of hydrogen-bond donors (Lipinski definition) is 1. The van der Waals surface area contributed by atoms with Crippen molar-refractivity contribution in [2.24, 2.45) is 0 Å². The summed E-state index contributed by atoms with van der Waals surface area (Å²) in [4.78, 5) is 19.3. The Labute approximate surface area is 145 Å². The first-order valence-electron chi connectivity index (χ1n) is 7.34. The first kappa shape index (κ1) is 15.0. The molecule has 0 saturated heterocycles. The smallest absolute Gasteiger partial charge is 0.259 e. The SMILES string of the molecule is Cc1noc2nc(-c3cccs3)cc(C(=O)NCc3cccs3)c12. The number of carbonyl (C=O) groups excluding carboxylic acids is 1. The number of aryl methyl sites for hydroxylation is 1. The summed E-state index contributed by atoms with van der Waals surface area (Å²) in [5.74, 6) is -0.153. The lowest BCUT2D eigenvalue weighted by Crippen LogP contribution is -2.22. The van der Waals surface area contributed by atoms with Crippen molar-refractivity contribution in [3.8, 4) is 10.6 Å². The summed E-state index contributed by atoms with van der Waals surface area (Å²) in [5, 5.41) is 11.6. The van der Waals surface area contributed by atoms with E-state index < -0.39 is 0 Å². The molecule has 4 aromatic heterocycles. The van der Waals surface area contributed by atoms with Crippen LogP contribution in [-0.4, -0.2) is 16.0 Å². The molecule has 4 rings (SSSR count). The largest absolute Gasteiger partial charge is 0.347 e. The van der Waals surface area contributed by atoms with Crippen molar-refractivity contribution >= 4 is 39.7 Å². The fourth-order valence-electron chi connectivity index (χ4n) is 2.50. The molecule has 1 amide bonds. The molecule has 0 fully saturated rings. The summed E-state index contributed by atoms with van der Waals surface area (Å²) in [6.45, 7) is 2.31. The van der Waals surface area contributed by atoms with Gasteiger partial charge in [0.1, 0.15) is 0 Å². The zero-order chi connectivity index (χ0) is 16.5. The van der Waals surface area contributed by atoms with Crippen molar-refractivity contribution in [1.29, 1.82) is 0 Å². The van der Waals surface area contributed by atoms with Crippen LogP contribution >= 0.6 is 22.7 Å². The van der Waals surface area contributed by atoms with E-state index in [0.29, 0.717) is 28.9 Å². The van der Waals surface area contributed by atoms with Gasteiger partial charge in [0.2, 0.25) is 0 Å². The summed E-state index contributed by atoms with van der Waals surface area (Å²) in [7, 11) is 0. The Kier molecular flexibility index (Phi) is 3.87. The monoisotopic (exact) mass is 355 g/mol. The predicted molar refractivity (Wildman–Crippen MR) is 95.3 cm³/mol. The van der Waals surface area contributed by atoms with Crippen molar-refractivity contribution < 1.29 is 9.32 Å². The normalized spacial score (nSPS) is 11.0. The summed E-state index contributed by atoms with van der Waals surface area (Å²) in [6.07, 6.45) is 0. The second kappa shape index (κ2) is 6.18. The summed E-state index contributed by atoms with van der Waals surface area (Å²) in [5.41, 5.74) is 2.31. The Morgan fingerprint density at radius 2 is 2.08 bits per heavy atom. The summed E-state index contributed by atoms with van der Waals surface area (Å²) >= 11 is 3.18.